The Morgan fingerprint density at radius 3 is 2.75 bits per heavy atom. The van der Waals surface area contributed by atoms with Gasteiger partial charge < -0.3 is 15.2 Å². The lowest BCUT2D eigenvalue weighted by Crippen LogP contribution is -2.31. The van der Waals surface area contributed by atoms with Gasteiger partial charge in [0.1, 0.15) is 18.5 Å². The highest BCUT2D eigenvalue weighted by Gasteiger charge is 2.04. The van der Waals surface area contributed by atoms with Crippen molar-refractivity contribution in [3.63, 3.8) is 0 Å². The molecule has 0 aromatic heterocycles. The standard InChI is InChI=1S/C20H22N2O2/c1-16-4-2-6-20(12-16)24-15-19(23)14-22-11-3-5-17-7-9-18(13-21)10-8-17/h2-10,12,19,22-23H,11,14-15H2,1H3/b5-3+. The second kappa shape index (κ2) is 9.51. The van der Waals surface area contributed by atoms with Crippen molar-refractivity contribution < 1.29 is 9.84 Å². The number of benzene rings is 2. The summed E-state index contributed by atoms with van der Waals surface area (Å²) in [5.74, 6) is 0.773. The molecule has 2 aromatic carbocycles. The van der Waals surface area contributed by atoms with E-state index in [1.165, 1.54) is 0 Å². The maximum atomic E-state index is 9.91. The Bertz CT molecular complexity index is 702. The minimum absolute atomic E-state index is 0.260. The number of aliphatic hydroxyl groups excluding tert-OH is 1. The molecule has 0 aliphatic carbocycles. The van der Waals surface area contributed by atoms with Crippen molar-refractivity contribution in [1.82, 2.24) is 5.32 Å². The van der Waals surface area contributed by atoms with E-state index in [1.54, 1.807) is 12.1 Å². The molecule has 1 unspecified atom stereocenters. The van der Waals surface area contributed by atoms with Crippen LogP contribution < -0.4 is 10.1 Å². The van der Waals surface area contributed by atoms with Gasteiger partial charge in [-0.3, -0.25) is 0 Å². The van der Waals surface area contributed by atoms with Crippen LogP contribution in [0.25, 0.3) is 6.08 Å². The molecule has 0 saturated carbocycles. The summed E-state index contributed by atoms with van der Waals surface area (Å²) < 4.78 is 5.56. The van der Waals surface area contributed by atoms with E-state index in [9.17, 15) is 5.11 Å². The van der Waals surface area contributed by atoms with E-state index >= 15 is 0 Å². The van der Waals surface area contributed by atoms with Crippen LogP contribution in [-0.4, -0.2) is 30.9 Å². The molecule has 0 bridgehead atoms. The number of hydrogen-bond acceptors (Lipinski definition) is 4. The number of ether oxygens (including phenoxy) is 1. The number of nitrogens with zero attached hydrogens (tertiary/aromatic N) is 1. The maximum Gasteiger partial charge on any atom is 0.119 e. The molecule has 0 spiro atoms. The molecule has 0 aliphatic heterocycles. The quantitative estimate of drug-likeness (QED) is 0.734. The van der Waals surface area contributed by atoms with Crippen LogP contribution in [0.5, 0.6) is 5.75 Å². The summed E-state index contributed by atoms with van der Waals surface area (Å²) >= 11 is 0. The third kappa shape index (κ3) is 6.25. The van der Waals surface area contributed by atoms with Crippen LogP contribution in [0.1, 0.15) is 16.7 Å². The molecule has 2 N–H and O–H groups in total. The van der Waals surface area contributed by atoms with Gasteiger partial charge in [0.15, 0.2) is 0 Å². The number of hydrogen-bond donors (Lipinski definition) is 2. The first-order chi connectivity index (χ1) is 11.7. The molecule has 124 valence electrons. The Morgan fingerprint density at radius 2 is 2.04 bits per heavy atom. The zero-order valence-corrected chi connectivity index (χ0v) is 13.8. The fraction of sp³-hybridized carbons (Fsp3) is 0.250. The second-order valence-electron chi connectivity index (χ2n) is 5.58. The molecular weight excluding hydrogens is 300 g/mol. The topological polar surface area (TPSA) is 65.3 Å². The molecule has 0 aliphatic rings. The zero-order valence-electron chi connectivity index (χ0n) is 13.8. The van der Waals surface area contributed by atoms with Crippen molar-refractivity contribution >= 4 is 6.08 Å². The Labute approximate surface area is 143 Å². The van der Waals surface area contributed by atoms with Crippen molar-refractivity contribution in [2.45, 2.75) is 13.0 Å². The van der Waals surface area contributed by atoms with Crippen LogP contribution in [0.2, 0.25) is 0 Å². The van der Waals surface area contributed by atoms with Crippen LogP contribution in [0.4, 0.5) is 0 Å². The molecule has 0 amide bonds. The first-order valence-corrected chi connectivity index (χ1v) is 7.92. The highest BCUT2D eigenvalue weighted by atomic mass is 16.5. The lowest BCUT2D eigenvalue weighted by Gasteiger charge is -2.13. The van der Waals surface area contributed by atoms with Gasteiger partial charge in [0.05, 0.1) is 11.6 Å². The van der Waals surface area contributed by atoms with Crippen LogP contribution in [0.3, 0.4) is 0 Å². The van der Waals surface area contributed by atoms with Crippen molar-refractivity contribution in [3.8, 4) is 11.8 Å². The van der Waals surface area contributed by atoms with E-state index in [0.29, 0.717) is 18.7 Å². The number of aliphatic hydroxyl groups is 1. The summed E-state index contributed by atoms with van der Waals surface area (Å²) in [5.41, 5.74) is 2.83. The normalized spacial score (nSPS) is 12.0. The molecule has 2 rings (SSSR count). The van der Waals surface area contributed by atoms with Gasteiger partial charge in [0.25, 0.3) is 0 Å². The fourth-order valence-electron chi connectivity index (χ4n) is 2.15. The average Bonchev–Trinajstić information content (AvgIpc) is 2.60. The van der Waals surface area contributed by atoms with Gasteiger partial charge in [-0.25, -0.2) is 0 Å². The summed E-state index contributed by atoms with van der Waals surface area (Å²) in [6.45, 7) is 3.38. The van der Waals surface area contributed by atoms with E-state index in [-0.39, 0.29) is 6.61 Å². The molecule has 4 heteroatoms. The van der Waals surface area contributed by atoms with Gasteiger partial charge >= 0.3 is 0 Å². The highest BCUT2D eigenvalue weighted by molar-refractivity contribution is 5.51. The lowest BCUT2D eigenvalue weighted by atomic mass is 10.1. The van der Waals surface area contributed by atoms with Gasteiger partial charge in [0.2, 0.25) is 0 Å². The molecule has 0 saturated heterocycles. The van der Waals surface area contributed by atoms with Crippen LogP contribution in [0, 0.1) is 18.3 Å². The van der Waals surface area contributed by atoms with Crippen molar-refractivity contribution in [2.75, 3.05) is 19.7 Å². The molecule has 1 atom stereocenters. The Hall–Kier alpha value is -2.61. The van der Waals surface area contributed by atoms with E-state index in [4.69, 9.17) is 10.00 Å². The summed E-state index contributed by atoms with van der Waals surface area (Å²) in [7, 11) is 0. The van der Waals surface area contributed by atoms with Crippen molar-refractivity contribution in [1.29, 1.82) is 5.26 Å². The highest BCUT2D eigenvalue weighted by Crippen LogP contribution is 2.12. The number of aryl methyl sites for hydroxylation is 1. The SMILES string of the molecule is Cc1cccc(OCC(O)CNC/C=C/c2ccc(C#N)cc2)c1. The predicted molar refractivity (Wildman–Crippen MR) is 95.7 cm³/mol. The molecule has 0 heterocycles. The van der Waals surface area contributed by atoms with Crippen molar-refractivity contribution in [2.24, 2.45) is 0 Å². The average molecular weight is 322 g/mol. The Morgan fingerprint density at radius 1 is 1.25 bits per heavy atom. The molecule has 4 nitrogen and oxygen atoms in total. The van der Waals surface area contributed by atoms with Crippen molar-refractivity contribution in [3.05, 3.63) is 71.3 Å². The fourth-order valence-corrected chi connectivity index (χ4v) is 2.15. The van der Waals surface area contributed by atoms with Gasteiger partial charge in [-0.15, -0.1) is 0 Å². The summed E-state index contributed by atoms with van der Waals surface area (Å²) in [6.07, 6.45) is 3.40. The number of nitrogens with one attached hydrogen (secondary N) is 1. The third-order valence-corrected chi connectivity index (χ3v) is 3.42. The molecule has 2 aromatic rings. The van der Waals surface area contributed by atoms with Gasteiger partial charge in [-0.1, -0.05) is 36.4 Å². The smallest absolute Gasteiger partial charge is 0.119 e. The van der Waals surface area contributed by atoms with Gasteiger partial charge in [-0.05, 0) is 42.3 Å². The van der Waals surface area contributed by atoms with Crippen LogP contribution >= 0.6 is 0 Å². The largest absolute Gasteiger partial charge is 0.491 e. The minimum atomic E-state index is -0.561. The van der Waals surface area contributed by atoms with Crippen LogP contribution in [0.15, 0.2) is 54.6 Å². The Kier molecular flexibility index (Phi) is 7.03. The zero-order chi connectivity index (χ0) is 17.2. The lowest BCUT2D eigenvalue weighted by molar-refractivity contribution is 0.107. The number of rotatable bonds is 8. The van der Waals surface area contributed by atoms with Gasteiger partial charge in [-0.2, -0.15) is 5.26 Å². The molecule has 0 fully saturated rings. The van der Waals surface area contributed by atoms with E-state index in [2.05, 4.69) is 11.4 Å². The first kappa shape index (κ1) is 17.7. The minimum Gasteiger partial charge on any atom is -0.491 e. The summed E-state index contributed by atoms with van der Waals surface area (Å²) in [5, 5.41) is 21.8. The first-order valence-electron chi connectivity index (χ1n) is 7.92. The summed E-state index contributed by atoms with van der Waals surface area (Å²) in [4.78, 5) is 0. The third-order valence-electron chi connectivity index (χ3n) is 3.42. The van der Waals surface area contributed by atoms with Crippen LogP contribution in [-0.2, 0) is 0 Å². The number of nitriles is 1. The van der Waals surface area contributed by atoms with Gasteiger partial charge in [0, 0.05) is 13.1 Å². The molecule has 0 radical (unpaired) electrons. The predicted octanol–water partition coefficient (Wildman–Crippen LogP) is 2.91. The molecule has 24 heavy (non-hydrogen) atoms. The second-order valence-corrected chi connectivity index (χ2v) is 5.58. The summed E-state index contributed by atoms with van der Waals surface area (Å²) in [6, 6.07) is 17.2. The molecular formula is C20H22N2O2. The maximum absolute atomic E-state index is 9.91. The monoisotopic (exact) mass is 322 g/mol. The van der Waals surface area contributed by atoms with E-state index < -0.39 is 6.10 Å². The Balaban J connectivity index is 1.64. The van der Waals surface area contributed by atoms with E-state index in [0.717, 1.165) is 16.9 Å². The van der Waals surface area contributed by atoms with E-state index in [1.807, 2.05) is 55.5 Å².